The number of rotatable bonds is 2. The Labute approximate surface area is 135 Å². The highest BCUT2D eigenvalue weighted by Crippen LogP contribution is 2.39. The van der Waals surface area contributed by atoms with E-state index in [1.54, 1.807) is 12.1 Å². The van der Waals surface area contributed by atoms with Crippen molar-refractivity contribution in [2.24, 2.45) is 0 Å². The van der Waals surface area contributed by atoms with Gasteiger partial charge in [0, 0.05) is 21.3 Å². The number of nitrogens with two attached hydrogens (primary N) is 1. The highest BCUT2D eigenvalue weighted by atomic mass is 35.5. The van der Waals surface area contributed by atoms with Crippen LogP contribution in [0, 0.1) is 11.3 Å². The van der Waals surface area contributed by atoms with E-state index >= 15 is 0 Å². The first-order valence-corrected chi connectivity index (χ1v) is 7.67. The Kier molecular flexibility index (Phi) is 3.73. The minimum absolute atomic E-state index is 0.380. The minimum atomic E-state index is -0.608. The van der Waals surface area contributed by atoms with Crippen molar-refractivity contribution in [3.8, 4) is 6.07 Å². The smallest absolute Gasteiger partial charge is 0.126 e. The Morgan fingerprint density at radius 1 is 1.19 bits per heavy atom. The minimum Gasteiger partial charge on any atom is -0.399 e. The van der Waals surface area contributed by atoms with Gasteiger partial charge in [0.05, 0.1) is 16.3 Å². The third-order valence-electron chi connectivity index (χ3n) is 3.08. The summed E-state index contributed by atoms with van der Waals surface area (Å²) in [6.07, 6.45) is 0. The van der Waals surface area contributed by atoms with Gasteiger partial charge in [-0.05, 0) is 24.3 Å². The summed E-state index contributed by atoms with van der Waals surface area (Å²) >= 11 is 13.9. The van der Waals surface area contributed by atoms with Crippen LogP contribution in [-0.4, -0.2) is 4.98 Å². The molecule has 0 saturated carbocycles. The van der Waals surface area contributed by atoms with Gasteiger partial charge in [0.15, 0.2) is 0 Å². The maximum Gasteiger partial charge on any atom is 0.126 e. The van der Waals surface area contributed by atoms with E-state index in [9.17, 15) is 5.26 Å². The Hall–Kier alpha value is -1.80. The number of nitrogens with zero attached hydrogens (tertiary/aromatic N) is 2. The SMILES string of the molecule is N#CC(c1nc2ccccc2s1)c1c(Cl)cc(N)cc1Cl. The predicted octanol–water partition coefficient (Wildman–Crippen LogP) is 4.84. The van der Waals surface area contributed by atoms with Gasteiger partial charge in [-0.3, -0.25) is 0 Å². The molecular weight excluding hydrogens is 325 g/mol. The van der Waals surface area contributed by atoms with Crippen molar-refractivity contribution in [1.82, 2.24) is 4.98 Å². The Bertz CT molecular complexity index is 811. The molecule has 21 heavy (non-hydrogen) atoms. The van der Waals surface area contributed by atoms with Gasteiger partial charge in [-0.2, -0.15) is 5.26 Å². The van der Waals surface area contributed by atoms with Crippen molar-refractivity contribution >= 4 is 50.4 Å². The fourth-order valence-electron chi connectivity index (χ4n) is 2.14. The molecule has 104 valence electrons. The van der Waals surface area contributed by atoms with Gasteiger partial charge >= 0.3 is 0 Å². The maximum absolute atomic E-state index is 9.54. The van der Waals surface area contributed by atoms with E-state index in [-0.39, 0.29) is 0 Å². The first kappa shape index (κ1) is 14.2. The second-order valence-electron chi connectivity index (χ2n) is 4.48. The molecule has 1 heterocycles. The van der Waals surface area contributed by atoms with Crippen molar-refractivity contribution < 1.29 is 0 Å². The first-order chi connectivity index (χ1) is 10.1. The number of anilines is 1. The summed E-state index contributed by atoms with van der Waals surface area (Å²) in [6, 6.07) is 13.2. The van der Waals surface area contributed by atoms with Crippen molar-refractivity contribution in [1.29, 1.82) is 5.26 Å². The van der Waals surface area contributed by atoms with Gasteiger partial charge in [-0.15, -0.1) is 11.3 Å². The molecule has 6 heteroatoms. The topological polar surface area (TPSA) is 62.7 Å². The number of para-hydroxylation sites is 1. The molecular formula is C15H9Cl2N3S. The standard InChI is InChI=1S/C15H9Cl2N3S/c16-10-5-8(19)6-11(17)14(10)9(7-18)15-20-12-3-1-2-4-13(12)21-15/h1-6,9H,19H2. The monoisotopic (exact) mass is 333 g/mol. The zero-order valence-electron chi connectivity index (χ0n) is 10.7. The third-order valence-corrected chi connectivity index (χ3v) is 4.80. The molecule has 1 unspecified atom stereocenters. The zero-order chi connectivity index (χ0) is 15.0. The lowest BCUT2D eigenvalue weighted by atomic mass is 10.0. The number of thiazole rings is 1. The number of nitrogen functional groups attached to an aromatic ring is 1. The molecule has 1 atom stereocenters. The van der Waals surface area contributed by atoms with Gasteiger partial charge in [0.2, 0.25) is 0 Å². The normalized spacial score (nSPS) is 12.2. The quantitative estimate of drug-likeness (QED) is 0.682. The lowest BCUT2D eigenvalue weighted by Gasteiger charge is -2.11. The van der Waals surface area contributed by atoms with Crippen molar-refractivity contribution in [2.45, 2.75) is 5.92 Å². The van der Waals surface area contributed by atoms with Gasteiger partial charge in [-0.1, -0.05) is 35.3 Å². The second-order valence-corrected chi connectivity index (χ2v) is 6.36. The van der Waals surface area contributed by atoms with E-state index in [0.717, 1.165) is 10.2 Å². The molecule has 2 N–H and O–H groups in total. The first-order valence-electron chi connectivity index (χ1n) is 6.09. The number of benzene rings is 2. The lowest BCUT2D eigenvalue weighted by Crippen LogP contribution is -2.01. The molecule has 0 radical (unpaired) electrons. The number of hydrogen-bond donors (Lipinski definition) is 1. The molecule has 2 aromatic carbocycles. The molecule has 3 rings (SSSR count). The number of halogens is 2. The summed E-state index contributed by atoms with van der Waals surface area (Å²) in [5.41, 5.74) is 7.58. The maximum atomic E-state index is 9.54. The molecule has 1 aromatic heterocycles. The van der Waals surface area contributed by atoms with E-state index in [1.807, 2.05) is 24.3 Å². The highest BCUT2D eigenvalue weighted by Gasteiger charge is 2.23. The number of hydrogen-bond acceptors (Lipinski definition) is 4. The molecule has 0 amide bonds. The molecule has 3 aromatic rings. The van der Waals surface area contributed by atoms with E-state index in [1.165, 1.54) is 11.3 Å². The molecule has 0 aliphatic rings. The molecule has 0 saturated heterocycles. The summed E-state index contributed by atoms with van der Waals surface area (Å²) in [5.74, 6) is -0.608. The van der Waals surface area contributed by atoms with Crippen LogP contribution < -0.4 is 5.73 Å². The molecule has 3 nitrogen and oxygen atoms in total. The van der Waals surface area contributed by atoms with Gasteiger partial charge in [-0.25, -0.2) is 4.98 Å². The zero-order valence-corrected chi connectivity index (χ0v) is 13.0. The fourth-order valence-corrected chi connectivity index (χ4v) is 3.88. The summed E-state index contributed by atoms with van der Waals surface area (Å²) in [6.45, 7) is 0. The molecule has 0 aliphatic carbocycles. The van der Waals surface area contributed by atoms with Gasteiger partial charge in [0.25, 0.3) is 0 Å². The fraction of sp³-hybridized carbons (Fsp3) is 0.0667. The van der Waals surface area contributed by atoms with Crippen LogP contribution in [0.5, 0.6) is 0 Å². The van der Waals surface area contributed by atoms with Crippen LogP contribution in [0.2, 0.25) is 10.0 Å². The summed E-state index contributed by atoms with van der Waals surface area (Å²) in [5, 5.41) is 11.0. The number of fused-ring (bicyclic) bond motifs is 1. The predicted molar refractivity (Wildman–Crippen MR) is 88.0 cm³/mol. The van der Waals surface area contributed by atoms with Crippen LogP contribution in [-0.2, 0) is 0 Å². The van der Waals surface area contributed by atoms with Crippen LogP contribution in [0.1, 0.15) is 16.5 Å². The Morgan fingerprint density at radius 3 is 2.48 bits per heavy atom. The molecule has 0 bridgehead atoms. The highest BCUT2D eigenvalue weighted by molar-refractivity contribution is 7.18. The number of aromatic nitrogens is 1. The van der Waals surface area contributed by atoms with E-state index in [4.69, 9.17) is 28.9 Å². The Morgan fingerprint density at radius 2 is 1.86 bits per heavy atom. The summed E-state index contributed by atoms with van der Waals surface area (Å²) in [4.78, 5) is 4.51. The Balaban J connectivity index is 2.17. The van der Waals surface area contributed by atoms with Crippen LogP contribution in [0.4, 0.5) is 5.69 Å². The largest absolute Gasteiger partial charge is 0.399 e. The van der Waals surface area contributed by atoms with Gasteiger partial charge in [0.1, 0.15) is 10.9 Å². The van der Waals surface area contributed by atoms with E-state index in [0.29, 0.717) is 26.3 Å². The van der Waals surface area contributed by atoms with Crippen LogP contribution in [0.25, 0.3) is 10.2 Å². The van der Waals surface area contributed by atoms with E-state index < -0.39 is 5.92 Å². The van der Waals surface area contributed by atoms with E-state index in [2.05, 4.69) is 11.1 Å². The molecule has 0 spiro atoms. The average Bonchev–Trinajstić information content (AvgIpc) is 2.85. The average molecular weight is 334 g/mol. The molecule has 0 fully saturated rings. The van der Waals surface area contributed by atoms with Crippen molar-refractivity contribution in [3.05, 3.63) is 57.0 Å². The number of nitriles is 1. The van der Waals surface area contributed by atoms with Crippen LogP contribution >= 0.6 is 34.5 Å². The van der Waals surface area contributed by atoms with Crippen molar-refractivity contribution in [2.75, 3.05) is 5.73 Å². The van der Waals surface area contributed by atoms with Crippen molar-refractivity contribution in [3.63, 3.8) is 0 Å². The lowest BCUT2D eigenvalue weighted by molar-refractivity contribution is 1.02. The summed E-state index contributed by atoms with van der Waals surface area (Å²) in [7, 11) is 0. The second kappa shape index (κ2) is 5.53. The van der Waals surface area contributed by atoms with Crippen LogP contribution in [0.3, 0.4) is 0 Å². The van der Waals surface area contributed by atoms with Gasteiger partial charge < -0.3 is 5.73 Å². The summed E-state index contributed by atoms with van der Waals surface area (Å²) < 4.78 is 1.02. The molecule has 0 aliphatic heterocycles. The van der Waals surface area contributed by atoms with Crippen LogP contribution in [0.15, 0.2) is 36.4 Å². The third kappa shape index (κ3) is 2.56.